The highest BCUT2D eigenvalue weighted by Gasteiger charge is 2.11. The molecule has 0 amide bonds. The van der Waals surface area contributed by atoms with Gasteiger partial charge in [-0.15, -0.1) is 0 Å². The molecular formula is C14H11FO3. The Morgan fingerprint density at radius 3 is 2.67 bits per heavy atom. The van der Waals surface area contributed by atoms with Crippen LogP contribution in [0, 0.1) is 0 Å². The summed E-state index contributed by atoms with van der Waals surface area (Å²) in [7, 11) is 1.46. The quantitative estimate of drug-likeness (QED) is 0.845. The zero-order valence-corrected chi connectivity index (χ0v) is 9.68. The summed E-state index contributed by atoms with van der Waals surface area (Å²) >= 11 is 0. The number of benzene rings is 2. The summed E-state index contributed by atoms with van der Waals surface area (Å²) in [6, 6.07) is 10.8. The Hall–Kier alpha value is -2.36. The van der Waals surface area contributed by atoms with Crippen LogP contribution < -0.4 is 4.74 Å². The standard InChI is InChI=1S/C14H11FO3/c1-18-13-7-6-9-4-2-3-5-10(9)11(13)8-12(15)14(16)17/h2-8H,1H3,(H,16,17). The molecular weight excluding hydrogens is 235 g/mol. The average Bonchev–Trinajstić information content (AvgIpc) is 2.39. The molecule has 2 aromatic carbocycles. The lowest BCUT2D eigenvalue weighted by molar-refractivity contribution is -0.134. The van der Waals surface area contributed by atoms with Crippen LogP contribution in [-0.2, 0) is 4.79 Å². The Balaban J connectivity index is 2.73. The zero-order valence-electron chi connectivity index (χ0n) is 9.68. The number of fused-ring (bicyclic) bond motifs is 1. The van der Waals surface area contributed by atoms with Crippen molar-refractivity contribution in [1.29, 1.82) is 0 Å². The van der Waals surface area contributed by atoms with E-state index in [0.29, 0.717) is 11.3 Å². The van der Waals surface area contributed by atoms with E-state index in [1.54, 1.807) is 18.2 Å². The summed E-state index contributed by atoms with van der Waals surface area (Å²) in [5.41, 5.74) is 0.426. The molecule has 0 aromatic heterocycles. The van der Waals surface area contributed by atoms with Gasteiger partial charge in [-0.1, -0.05) is 30.3 Å². The van der Waals surface area contributed by atoms with Crippen molar-refractivity contribution in [3.05, 3.63) is 47.8 Å². The summed E-state index contributed by atoms with van der Waals surface area (Å²) in [6.45, 7) is 0. The van der Waals surface area contributed by atoms with Gasteiger partial charge in [-0.3, -0.25) is 0 Å². The van der Waals surface area contributed by atoms with Gasteiger partial charge < -0.3 is 9.84 Å². The topological polar surface area (TPSA) is 46.5 Å². The van der Waals surface area contributed by atoms with Crippen molar-refractivity contribution in [2.24, 2.45) is 0 Å². The average molecular weight is 246 g/mol. The maximum Gasteiger partial charge on any atom is 0.364 e. The van der Waals surface area contributed by atoms with Crippen molar-refractivity contribution >= 4 is 22.8 Å². The molecule has 0 spiro atoms. The Morgan fingerprint density at radius 2 is 2.00 bits per heavy atom. The van der Waals surface area contributed by atoms with E-state index in [4.69, 9.17) is 9.84 Å². The highest BCUT2D eigenvalue weighted by Crippen LogP contribution is 2.30. The van der Waals surface area contributed by atoms with Gasteiger partial charge in [-0.2, -0.15) is 4.39 Å². The summed E-state index contributed by atoms with van der Waals surface area (Å²) in [5.74, 6) is -2.38. The molecule has 4 heteroatoms. The van der Waals surface area contributed by atoms with E-state index in [9.17, 15) is 9.18 Å². The van der Waals surface area contributed by atoms with Gasteiger partial charge in [0.15, 0.2) is 0 Å². The first kappa shape index (κ1) is 12.1. The van der Waals surface area contributed by atoms with Crippen molar-refractivity contribution < 1.29 is 19.0 Å². The van der Waals surface area contributed by atoms with Gasteiger partial charge in [0.25, 0.3) is 0 Å². The first-order chi connectivity index (χ1) is 8.63. The summed E-state index contributed by atoms with van der Waals surface area (Å²) < 4.78 is 18.4. The predicted octanol–water partition coefficient (Wildman–Crippen LogP) is 3.24. The second-order valence-corrected chi connectivity index (χ2v) is 3.70. The molecule has 0 bridgehead atoms. The fourth-order valence-corrected chi connectivity index (χ4v) is 1.79. The lowest BCUT2D eigenvalue weighted by atomic mass is 10.0. The van der Waals surface area contributed by atoms with Crippen LogP contribution >= 0.6 is 0 Å². The molecule has 0 heterocycles. The summed E-state index contributed by atoms with van der Waals surface area (Å²) in [5, 5.41) is 10.2. The van der Waals surface area contributed by atoms with E-state index < -0.39 is 11.8 Å². The number of carbonyl (C=O) groups is 1. The molecule has 18 heavy (non-hydrogen) atoms. The first-order valence-corrected chi connectivity index (χ1v) is 5.29. The number of methoxy groups -OCH3 is 1. The molecule has 1 N–H and O–H groups in total. The first-order valence-electron chi connectivity index (χ1n) is 5.29. The Bertz CT molecular complexity index is 632. The number of halogens is 1. The minimum atomic E-state index is -1.59. The van der Waals surface area contributed by atoms with Crippen molar-refractivity contribution in [3.63, 3.8) is 0 Å². The van der Waals surface area contributed by atoms with E-state index >= 15 is 0 Å². The summed E-state index contributed by atoms with van der Waals surface area (Å²) in [6.07, 6.45) is 0.976. The molecule has 0 aliphatic rings. The monoisotopic (exact) mass is 246 g/mol. The summed E-state index contributed by atoms with van der Waals surface area (Å²) in [4.78, 5) is 10.6. The maximum atomic E-state index is 13.3. The van der Waals surface area contributed by atoms with Crippen molar-refractivity contribution in [2.75, 3.05) is 7.11 Å². The third kappa shape index (κ3) is 2.18. The molecule has 0 saturated carbocycles. The molecule has 0 unspecified atom stereocenters. The lowest BCUT2D eigenvalue weighted by Crippen LogP contribution is -1.96. The van der Waals surface area contributed by atoms with E-state index in [2.05, 4.69) is 0 Å². The van der Waals surface area contributed by atoms with E-state index in [-0.39, 0.29) is 0 Å². The highest BCUT2D eigenvalue weighted by atomic mass is 19.1. The predicted molar refractivity (Wildman–Crippen MR) is 67.2 cm³/mol. The largest absolute Gasteiger partial charge is 0.496 e. The smallest absolute Gasteiger partial charge is 0.364 e. The molecule has 92 valence electrons. The van der Waals surface area contributed by atoms with Gasteiger partial charge in [0.2, 0.25) is 5.83 Å². The van der Waals surface area contributed by atoms with Gasteiger partial charge in [-0.05, 0) is 22.9 Å². The number of hydrogen-bond acceptors (Lipinski definition) is 2. The van der Waals surface area contributed by atoms with Gasteiger partial charge in [0.1, 0.15) is 5.75 Å². The molecule has 2 aromatic rings. The van der Waals surface area contributed by atoms with Crippen molar-refractivity contribution in [2.45, 2.75) is 0 Å². The molecule has 0 saturated heterocycles. The molecule has 0 fully saturated rings. The fourth-order valence-electron chi connectivity index (χ4n) is 1.79. The number of ether oxygens (including phenoxy) is 1. The van der Waals surface area contributed by atoms with Crippen LogP contribution in [0.15, 0.2) is 42.2 Å². The number of carboxylic acid groups (broad SMARTS) is 1. The Morgan fingerprint density at radius 1 is 1.28 bits per heavy atom. The second kappa shape index (κ2) is 4.87. The lowest BCUT2D eigenvalue weighted by Gasteiger charge is -2.08. The molecule has 0 radical (unpaired) electrons. The van der Waals surface area contributed by atoms with Crippen LogP contribution in [-0.4, -0.2) is 18.2 Å². The van der Waals surface area contributed by atoms with E-state index in [1.807, 2.05) is 18.2 Å². The SMILES string of the molecule is COc1ccc2ccccc2c1C=C(F)C(=O)O. The van der Waals surface area contributed by atoms with E-state index in [1.165, 1.54) is 7.11 Å². The van der Waals surface area contributed by atoms with Crippen LogP contribution in [0.4, 0.5) is 4.39 Å². The van der Waals surface area contributed by atoms with Crippen molar-refractivity contribution in [1.82, 2.24) is 0 Å². The molecule has 0 aliphatic carbocycles. The normalized spacial score (nSPS) is 11.6. The van der Waals surface area contributed by atoms with Gasteiger partial charge in [-0.25, -0.2) is 4.79 Å². The van der Waals surface area contributed by atoms with Crippen LogP contribution in [0.25, 0.3) is 16.8 Å². The maximum absolute atomic E-state index is 13.3. The van der Waals surface area contributed by atoms with Gasteiger partial charge in [0.05, 0.1) is 7.11 Å². The fraction of sp³-hybridized carbons (Fsp3) is 0.0714. The number of aliphatic carboxylic acids is 1. The Kier molecular flexibility index (Phi) is 3.28. The van der Waals surface area contributed by atoms with Crippen LogP contribution in [0.1, 0.15) is 5.56 Å². The van der Waals surface area contributed by atoms with Gasteiger partial charge >= 0.3 is 5.97 Å². The molecule has 3 nitrogen and oxygen atoms in total. The van der Waals surface area contributed by atoms with Crippen LogP contribution in [0.5, 0.6) is 5.75 Å². The number of rotatable bonds is 3. The molecule has 0 aliphatic heterocycles. The second-order valence-electron chi connectivity index (χ2n) is 3.70. The van der Waals surface area contributed by atoms with Crippen LogP contribution in [0.2, 0.25) is 0 Å². The highest BCUT2D eigenvalue weighted by molar-refractivity contribution is 5.98. The third-order valence-corrected chi connectivity index (χ3v) is 2.63. The number of hydrogen-bond donors (Lipinski definition) is 1. The minimum Gasteiger partial charge on any atom is -0.496 e. The van der Waals surface area contributed by atoms with Gasteiger partial charge in [0, 0.05) is 5.56 Å². The van der Waals surface area contributed by atoms with Crippen molar-refractivity contribution in [3.8, 4) is 5.75 Å². The minimum absolute atomic E-state index is 0.426. The number of carboxylic acids is 1. The Labute approximate surface area is 103 Å². The third-order valence-electron chi connectivity index (χ3n) is 2.63. The van der Waals surface area contributed by atoms with E-state index in [0.717, 1.165) is 16.8 Å². The molecule has 0 atom stereocenters. The zero-order chi connectivity index (χ0) is 13.1. The van der Waals surface area contributed by atoms with Crippen LogP contribution in [0.3, 0.4) is 0 Å². The molecule has 2 rings (SSSR count).